The van der Waals surface area contributed by atoms with Crippen LogP contribution in [0.4, 0.5) is 0 Å². The van der Waals surface area contributed by atoms with Crippen LogP contribution in [0.1, 0.15) is 53.4 Å². The predicted molar refractivity (Wildman–Crippen MR) is 64.5 cm³/mol. The summed E-state index contributed by atoms with van der Waals surface area (Å²) in [6, 6.07) is 1.42. The van der Waals surface area contributed by atoms with Crippen LogP contribution in [0, 0.1) is 0 Å². The Balaban J connectivity index is 3.97. The van der Waals surface area contributed by atoms with Crippen molar-refractivity contribution in [2.75, 3.05) is 13.1 Å². The fourth-order valence-electron chi connectivity index (χ4n) is 1.78. The Morgan fingerprint density at radius 2 is 1.50 bits per heavy atom. The van der Waals surface area contributed by atoms with Gasteiger partial charge in [0, 0.05) is 12.1 Å². The lowest BCUT2D eigenvalue weighted by Gasteiger charge is -2.33. The molecular weight excluding hydrogens is 172 g/mol. The van der Waals surface area contributed by atoms with Crippen molar-refractivity contribution in [2.45, 2.75) is 65.5 Å². The Morgan fingerprint density at radius 1 is 1.00 bits per heavy atom. The standard InChI is InChI=1S/C12H28N2/c1-5-11(3)14(12(4)6-2)10-8-7-9-13/h11-12H,5-10,13H2,1-4H3. The van der Waals surface area contributed by atoms with Gasteiger partial charge in [0.05, 0.1) is 0 Å². The molecule has 0 amide bonds. The number of nitrogens with zero attached hydrogens (tertiary/aromatic N) is 1. The summed E-state index contributed by atoms with van der Waals surface area (Å²) in [4.78, 5) is 2.62. The summed E-state index contributed by atoms with van der Waals surface area (Å²) in [6.45, 7) is 11.2. The van der Waals surface area contributed by atoms with E-state index >= 15 is 0 Å². The Labute approximate surface area is 89.9 Å². The zero-order valence-corrected chi connectivity index (χ0v) is 10.4. The quantitative estimate of drug-likeness (QED) is 0.610. The lowest BCUT2D eigenvalue weighted by atomic mass is 10.1. The van der Waals surface area contributed by atoms with Gasteiger partial charge in [0.25, 0.3) is 0 Å². The van der Waals surface area contributed by atoms with E-state index in [0.29, 0.717) is 12.1 Å². The van der Waals surface area contributed by atoms with Crippen LogP contribution in [0.15, 0.2) is 0 Å². The first kappa shape index (κ1) is 13.9. The van der Waals surface area contributed by atoms with E-state index in [4.69, 9.17) is 5.73 Å². The smallest absolute Gasteiger partial charge is 0.00671 e. The van der Waals surface area contributed by atoms with Gasteiger partial charge in [-0.15, -0.1) is 0 Å². The summed E-state index contributed by atoms with van der Waals surface area (Å²) in [5.41, 5.74) is 5.51. The van der Waals surface area contributed by atoms with Gasteiger partial charge in [-0.25, -0.2) is 0 Å². The number of unbranched alkanes of at least 4 members (excludes halogenated alkanes) is 1. The second-order valence-corrected chi connectivity index (χ2v) is 4.25. The van der Waals surface area contributed by atoms with Gasteiger partial charge in [0.2, 0.25) is 0 Å². The molecule has 14 heavy (non-hydrogen) atoms. The molecule has 86 valence electrons. The number of hydrogen-bond acceptors (Lipinski definition) is 2. The summed E-state index contributed by atoms with van der Waals surface area (Å²) >= 11 is 0. The molecule has 0 saturated heterocycles. The first-order valence-electron chi connectivity index (χ1n) is 6.13. The highest BCUT2D eigenvalue weighted by molar-refractivity contribution is 4.71. The van der Waals surface area contributed by atoms with Gasteiger partial charge in [-0.2, -0.15) is 0 Å². The zero-order valence-electron chi connectivity index (χ0n) is 10.4. The lowest BCUT2D eigenvalue weighted by molar-refractivity contribution is 0.143. The van der Waals surface area contributed by atoms with Gasteiger partial charge >= 0.3 is 0 Å². The molecule has 0 aliphatic rings. The van der Waals surface area contributed by atoms with Gasteiger partial charge < -0.3 is 5.73 Å². The molecule has 0 heterocycles. The summed E-state index contributed by atoms with van der Waals surface area (Å²) in [6.07, 6.45) is 4.88. The van der Waals surface area contributed by atoms with E-state index in [-0.39, 0.29) is 0 Å². The van der Waals surface area contributed by atoms with E-state index < -0.39 is 0 Å². The zero-order chi connectivity index (χ0) is 11.0. The summed E-state index contributed by atoms with van der Waals surface area (Å²) in [5, 5.41) is 0. The first-order valence-corrected chi connectivity index (χ1v) is 6.13. The third-order valence-electron chi connectivity index (χ3n) is 3.18. The normalized spacial score (nSPS) is 15.9. The minimum atomic E-state index is 0.711. The summed E-state index contributed by atoms with van der Waals surface area (Å²) in [5.74, 6) is 0. The van der Waals surface area contributed by atoms with Gasteiger partial charge in [-0.3, -0.25) is 4.90 Å². The van der Waals surface area contributed by atoms with Gasteiger partial charge in [-0.05, 0) is 52.6 Å². The summed E-state index contributed by atoms with van der Waals surface area (Å²) < 4.78 is 0. The van der Waals surface area contributed by atoms with Crippen LogP contribution < -0.4 is 5.73 Å². The number of nitrogens with two attached hydrogens (primary N) is 1. The molecule has 2 nitrogen and oxygen atoms in total. The van der Waals surface area contributed by atoms with Crippen LogP contribution in [0.3, 0.4) is 0 Å². The maximum atomic E-state index is 5.51. The van der Waals surface area contributed by atoms with E-state index in [1.54, 1.807) is 0 Å². The maximum Gasteiger partial charge on any atom is 0.00671 e. The monoisotopic (exact) mass is 200 g/mol. The molecule has 0 rings (SSSR count). The lowest BCUT2D eigenvalue weighted by Crippen LogP contribution is -2.40. The van der Waals surface area contributed by atoms with Gasteiger partial charge in [0.1, 0.15) is 0 Å². The van der Waals surface area contributed by atoms with Crippen molar-refractivity contribution >= 4 is 0 Å². The van der Waals surface area contributed by atoms with Crippen molar-refractivity contribution in [2.24, 2.45) is 5.73 Å². The minimum Gasteiger partial charge on any atom is -0.330 e. The Bertz CT molecular complexity index is 115. The van der Waals surface area contributed by atoms with E-state index in [0.717, 1.165) is 13.0 Å². The van der Waals surface area contributed by atoms with Crippen LogP contribution >= 0.6 is 0 Å². The fourth-order valence-corrected chi connectivity index (χ4v) is 1.78. The van der Waals surface area contributed by atoms with E-state index in [9.17, 15) is 0 Å². The Kier molecular flexibility index (Phi) is 8.20. The molecule has 2 heteroatoms. The van der Waals surface area contributed by atoms with E-state index in [1.165, 1.54) is 25.8 Å². The van der Waals surface area contributed by atoms with Crippen molar-refractivity contribution in [3.8, 4) is 0 Å². The number of hydrogen-bond donors (Lipinski definition) is 1. The largest absolute Gasteiger partial charge is 0.330 e. The SMILES string of the molecule is CCC(C)N(CCCCN)C(C)CC. The van der Waals surface area contributed by atoms with Crippen LogP contribution in [0.2, 0.25) is 0 Å². The second-order valence-electron chi connectivity index (χ2n) is 4.25. The van der Waals surface area contributed by atoms with E-state index in [1.807, 2.05) is 0 Å². The molecule has 2 atom stereocenters. The highest BCUT2D eigenvalue weighted by Gasteiger charge is 2.16. The molecule has 0 aromatic carbocycles. The third kappa shape index (κ3) is 4.97. The van der Waals surface area contributed by atoms with Crippen LogP contribution in [-0.2, 0) is 0 Å². The minimum absolute atomic E-state index is 0.711. The van der Waals surface area contributed by atoms with Crippen LogP contribution in [0.25, 0.3) is 0 Å². The topological polar surface area (TPSA) is 29.3 Å². The molecular formula is C12H28N2. The van der Waals surface area contributed by atoms with Crippen LogP contribution in [0.5, 0.6) is 0 Å². The van der Waals surface area contributed by atoms with Crippen molar-refractivity contribution in [3.63, 3.8) is 0 Å². The van der Waals surface area contributed by atoms with E-state index in [2.05, 4.69) is 32.6 Å². The number of rotatable bonds is 8. The molecule has 0 aromatic rings. The highest BCUT2D eigenvalue weighted by Crippen LogP contribution is 2.12. The molecule has 0 spiro atoms. The first-order chi connectivity index (χ1) is 6.67. The van der Waals surface area contributed by atoms with Crippen LogP contribution in [-0.4, -0.2) is 30.1 Å². The Morgan fingerprint density at radius 3 is 1.86 bits per heavy atom. The van der Waals surface area contributed by atoms with Crippen molar-refractivity contribution in [3.05, 3.63) is 0 Å². The van der Waals surface area contributed by atoms with Gasteiger partial charge in [0.15, 0.2) is 0 Å². The van der Waals surface area contributed by atoms with Gasteiger partial charge in [-0.1, -0.05) is 13.8 Å². The van der Waals surface area contributed by atoms with Crippen molar-refractivity contribution in [1.29, 1.82) is 0 Å². The second kappa shape index (κ2) is 8.25. The molecule has 0 aliphatic heterocycles. The molecule has 0 radical (unpaired) electrons. The molecule has 2 N–H and O–H groups in total. The molecule has 0 aliphatic carbocycles. The van der Waals surface area contributed by atoms with Crippen molar-refractivity contribution < 1.29 is 0 Å². The molecule has 0 saturated carbocycles. The summed E-state index contributed by atoms with van der Waals surface area (Å²) in [7, 11) is 0. The molecule has 2 unspecified atom stereocenters. The molecule has 0 aromatic heterocycles. The maximum absolute atomic E-state index is 5.51. The average Bonchev–Trinajstić information content (AvgIpc) is 2.22. The van der Waals surface area contributed by atoms with Crippen molar-refractivity contribution in [1.82, 2.24) is 4.90 Å². The molecule has 0 fully saturated rings. The Hall–Kier alpha value is -0.0800. The predicted octanol–water partition coefficient (Wildman–Crippen LogP) is 2.62. The average molecular weight is 200 g/mol. The third-order valence-corrected chi connectivity index (χ3v) is 3.18. The molecule has 0 bridgehead atoms. The highest BCUT2D eigenvalue weighted by atomic mass is 15.2. The fraction of sp³-hybridized carbons (Fsp3) is 1.00.